The standard InChI is InChI=1S/C15H15F2NO/c16-13-5-1-4-11(15(13)17)8-18-7-10-3-2-6-14(19)12(10)9-18/h1,4-5,7,9,14,19H,2-3,6,8H2. The fraction of sp³-hybridized carbons (Fsp3) is 0.333. The molecule has 2 aromatic rings. The zero-order valence-corrected chi connectivity index (χ0v) is 10.4. The van der Waals surface area contributed by atoms with Gasteiger partial charge in [0, 0.05) is 23.5 Å². The zero-order valence-electron chi connectivity index (χ0n) is 10.4. The van der Waals surface area contributed by atoms with Gasteiger partial charge in [0.15, 0.2) is 11.6 Å². The molecule has 4 heteroatoms. The number of hydrogen-bond donors (Lipinski definition) is 1. The first-order valence-corrected chi connectivity index (χ1v) is 6.44. The van der Waals surface area contributed by atoms with Gasteiger partial charge in [0.05, 0.1) is 12.6 Å². The Kier molecular flexibility index (Phi) is 3.11. The average Bonchev–Trinajstić information content (AvgIpc) is 2.79. The second kappa shape index (κ2) is 4.78. The molecule has 1 N–H and O–H groups in total. The van der Waals surface area contributed by atoms with E-state index in [1.165, 1.54) is 6.07 Å². The van der Waals surface area contributed by atoms with E-state index in [0.717, 1.165) is 36.5 Å². The molecule has 0 radical (unpaired) electrons. The molecule has 0 aliphatic heterocycles. The van der Waals surface area contributed by atoms with Crippen LogP contribution in [-0.2, 0) is 13.0 Å². The minimum Gasteiger partial charge on any atom is -0.388 e. The van der Waals surface area contributed by atoms with Crippen LogP contribution in [0.15, 0.2) is 30.6 Å². The van der Waals surface area contributed by atoms with E-state index in [4.69, 9.17) is 0 Å². The maximum absolute atomic E-state index is 13.6. The van der Waals surface area contributed by atoms with Gasteiger partial charge >= 0.3 is 0 Å². The number of aliphatic hydroxyl groups is 1. The average molecular weight is 263 g/mol. The molecule has 1 unspecified atom stereocenters. The van der Waals surface area contributed by atoms with Gasteiger partial charge in [-0.25, -0.2) is 8.78 Å². The van der Waals surface area contributed by atoms with E-state index in [1.54, 1.807) is 6.07 Å². The van der Waals surface area contributed by atoms with E-state index in [9.17, 15) is 13.9 Å². The van der Waals surface area contributed by atoms with Crippen molar-refractivity contribution in [2.45, 2.75) is 31.9 Å². The fourth-order valence-corrected chi connectivity index (χ4v) is 2.68. The normalized spacial score (nSPS) is 18.4. The smallest absolute Gasteiger partial charge is 0.163 e. The minimum atomic E-state index is -0.825. The molecular weight excluding hydrogens is 248 g/mol. The summed E-state index contributed by atoms with van der Waals surface area (Å²) in [6.07, 6.45) is 6.00. The molecule has 0 saturated heterocycles. The topological polar surface area (TPSA) is 25.2 Å². The third-order valence-electron chi connectivity index (χ3n) is 3.66. The molecule has 0 saturated carbocycles. The first kappa shape index (κ1) is 12.4. The van der Waals surface area contributed by atoms with Crippen molar-refractivity contribution in [1.29, 1.82) is 0 Å². The third-order valence-corrected chi connectivity index (χ3v) is 3.66. The summed E-state index contributed by atoms with van der Waals surface area (Å²) in [6, 6.07) is 4.20. The summed E-state index contributed by atoms with van der Waals surface area (Å²) >= 11 is 0. The quantitative estimate of drug-likeness (QED) is 0.884. The van der Waals surface area contributed by atoms with Gasteiger partial charge < -0.3 is 9.67 Å². The molecule has 2 nitrogen and oxygen atoms in total. The second-order valence-corrected chi connectivity index (χ2v) is 5.03. The molecule has 1 aromatic carbocycles. The van der Waals surface area contributed by atoms with Crippen molar-refractivity contribution < 1.29 is 13.9 Å². The fourth-order valence-electron chi connectivity index (χ4n) is 2.68. The Bertz CT molecular complexity index is 606. The summed E-state index contributed by atoms with van der Waals surface area (Å²) in [5, 5.41) is 9.89. The van der Waals surface area contributed by atoms with Gasteiger partial charge in [0.25, 0.3) is 0 Å². The number of aromatic nitrogens is 1. The molecule has 0 amide bonds. The maximum atomic E-state index is 13.6. The Hall–Kier alpha value is -1.68. The summed E-state index contributed by atoms with van der Waals surface area (Å²) in [5.74, 6) is -1.62. The van der Waals surface area contributed by atoms with E-state index in [-0.39, 0.29) is 6.54 Å². The highest BCUT2D eigenvalue weighted by molar-refractivity contribution is 5.30. The molecule has 100 valence electrons. The third kappa shape index (κ3) is 2.28. The lowest BCUT2D eigenvalue weighted by molar-refractivity contribution is 0.157. The number of aliphatic hydroxyl groups excluding tert-OH is 1. The lowest BCUT2D eigenvalue weighted by atomic mass is 9.93. The monoisotopic (exact) mass is 263 g/mol. The van der Waals surface area contributed by atoms with Crippen molar-refractivity contribution in [3.8, 4) is 0 Å². The van der Waals surface area contributed by atoms with Crippen LogP contribution in [0.1, 0.15) is 35.6 Å². The molecule has 19 heavy (non-hydrogen) atoms. The highest BCUT2D eigenvalue weighted by atomic mass is 19.2. The van der Waals surface area contributed by atoms with Crippen LogP contribution in [0.4, 0.5) is 8.78 Å². The zero-order chi connectivity index (χ0) is 13.4. The Morgan fingerprint density at radius 3 is 2.89 bits per heavy atom. The highest BCUT2D eigenvalue weighted by Gasteiger charge is 2.20. The molecule has 3 rings (SSSR count). The second-order valence-electron chi connectivity index (χ2n) is 5.03. The van der Waals surface area contributed by atoms with Gasteiger partial charge in [-0.15, -0.1) is 0 Å². The first-order chi connectivity index (χ1) is 9.15. The molecule has 1 aromatic heterocycles. The van der Waals surface area contributed by atoms with E-state index >= 15 is 0 Å². The summed E-state index contributed by atoms with van der Waals surface area (Å²) < 4.78 is 28.6. The summed E-state index contributed by atoms with van der Waals surface area (Å²) in [5.41, 5.74) is 2.35. The lowest BCUT2D eigenvalue weighted by Crippen LogP contribution is -2.05. The number of fused-ring (bicyclic) bond motifs is 1. The van der Waals surface area contributed by atoms with Crippen molar-refractivity contribution >= 4 is 0 Å². The number of aryl methyl sites for hydroxylation is 1. The van der Waals surface area contributed by atoms with Crippen molar-refractivity contribution in [2.24, 2.45) is 0 Å². The summed E-state index contributed by atoms with van der Waals surface area (Å²) in [6.45, 7) is 0.281. The van der Waals surface area contributed by atoms with Gasteiger partial charge in [-0.1, -0.05) is 12.1 Å². The number of benzene rings is 1. The van der Waals surface area contributed by atoms with Gasteiger partial charge in [-0.05, 0) is 30.9 Å². The van der Waals surface area contributed by atoms with E-state index < -0.39 is 17.7 Å². The summed E-state index contributed by atoms with van der Waals surface area (Å²) in [7, 11) is 0. The molecule has 0 spiro atoms. The van der Waals surface area contributed by atoms with Crippen LogP contribution in [0.3, 0.4) is 0 Å². The Morgan fingerprint density at radius 1 is 1.26 bits per heavy atom. The Balaban J connectivity index is 1.90. The van der Waals surface area contributed by atoms with Crippen LogP contribution in [-0.4, -0.2) is 9.67 Å². The van der Waals surface area contributed by atoms with Gasteiger partial charge in [-0.2, -0.15) is 0 Å². The number of rotatable bonds is 2. The molecule has 0 fully saturated rings. The molecule has 1 atom stereocenters. The number of nitrogens with zero attached hydrogens (tertiary/aromatic N) is 1. The number of hydrogen-bond acceptors (Lipinski definition) is 1. The molecule has 1 heterocycles. The van der Waals surface area contributed by atoms with Crippen LogP contribution in [0.25, 0.3) is 0 Å². The van der Waals surface area contributed by atoms with Crippen molar-refractivity contribution in [3.63, 3.8) is 0 Å². The van der Waals surface area contributed by atoms with Gasteiger partial charge in [-0.3, -0.25) is 0 Å². The van der Waals surface area contributed by atoms with Gasteiger partial charge in [0.2, 0.25) is 0 Å². The van der Waals surface area contributed by atoms with Crippen LogP contribution in [0, 0.1) is 11.6 Å². The number of halogens is 2. The van der Waals surface area contributed by atoms with Gasteiger partial charge in [0.1, 0.15) is 0 Å². The molecule has 1 aliphatic rings. The van der Waals surface area contributed by atoms with E-state index in [2.05, 4.69) is 0 Å². The summed E-state index contributed by atoms with van der Waals surface area (Å²) in [4.78, 5) is 0. The maximum Gasteiger partial charge on any atom is 0.163 e. The van der Waals surface area contributed by atoms with Crippen molar-refractivity contribution in [2.75, 3.05) is 0 Å². The predicted octanol–water partition coefficient (Wildman–Crippen LogP) is 3.18. The molecular formula is C15H15F2NO. The largest absolute Gasteiger partial charge is 0.388 e. The Morgan fingerprint density at radius 2 is 2.11 bits per heavy atom. The van der Waals surface area contributed by atoms with Crippen LogP contribution >= 0.6 is 0 Å². The first-order valence-electron chi connectivity index (χ1n) is 6.44. The van der Waals surface area contributed by atoms with Crippen LogP contribution < -0.4 is 0 Å². The van der Waals surface area contributed by atoms with E-state index in [1.807, 2.05) is 17.0 Å². The molecule has 1 aliphatic carbocycles. The van der Waals surface area contributed by atoms with Crippen molar-refractivity contribution in [3.05, 3.63) is 58.9 Å². The highest BCUT2D eigenvalue weighted by Crippen LogP contribution is 2.30. The predicted molar refractivity (Wildman–Crippen MR) is 67.8 cm³/mol. The Labute approximate surface area is 110 Å². The minimum absolute atomic E-state index is 0.281. The van der Waals surface area contributed by atoms with Crippen molar-refractivity contribution in [1.82, 2.24) is 4.57 Å². The SMILES string of the molecule is OC1CCCc2cn(Cc3cccc(F)c3F)cc21. The molecule has 0 bridgehead atoms. The van der Waals surface area contributed by atoms with Crippen LogP contribution in [0.5, 0.6) is 0 Å². The van der Waals surface area contributed by atoms with Crippen LogP contribution in [0.2, 0.25) is 0 Å². The van der Waals surface area contributed by atoms with E-state index in [0.29, 0.717) is 5.56 Å². The lowest BCUT2D eigenvalue weighted by Gasteiger charge is -2.16.